The lowest BCUT2D eigenvalue weighted by Gasteiger charge is -2.07. The van der Waals surface area contributed by atoms with Gasteiger partial charge in [-0.2, -0.15) is 5.10 Å². The molecule has 1 aromatic carbocycles. The Morgan fingerprint density at radius 2 is 2.04 bits per heavy atom. The van der Waals surface area contributed by atoms with Crippen LogP contribution < -0.4 is 5.32 Å². The van der Waals surface area contributed by atoms with Gasteiger partial charge in [-0.05, 0) is 54.7 Å². The minimum Gasteiger partial charge on any atom is -0.356 e. The van der Waals surface area contributed by atoms with E-state index in [1.807, 2.05) is 36.8 Å². The molecular weight excluding hydrogens is 332 g/mol. The summed E-state index contributed by atoms with van der Waals surface area (Å²) in [5.41, 5.74) is 6.51. The van der Waals surface area contributed by atoms with Gasteiger partial charge < -0.3 is 5.32 Å². The van der Waals surface area contributed by atoms with Gasteiger partial charge in [0.15, 0.2) is 0 Å². The van der Waals surface area contributed by atoms with Crippen LogP contribution in [-0.4, -0.2) is 14.8 Å². The van der Waals surface area contributed by atoms with E-state index in [-0.39, 0.29) is 0 Å². The maximum Gasteiger partial charge on any atom is 0.0568 e. The number of benzene rings is 1. The summed E-state index contributed by atoms with van der Waals surface area (Å²) >= 11 is 0. The largest absolute Gasteiger partial charge is 0.356 e. The predicted octanol–water partition coefficient (Wildman–Crippen LogP) is 5.48. The number of hydrogen-bond donors (Lipinski definition) is 1. The van der Waals surface area contributed by atoms with E-state index < -0.39 is 0 Å². The first-order valence-corrected chi connectivity index (χ1v) is 9.44. The molecule has 0 bridgehead atoms. The van der Waals surface area contributed by atoms with E-state index in [9.17, 15) is 0 Å². The Morgan fingerprint density at radius 1 is 1.22 bits per heavy atom. The lowest BCUT2D eigenvalue weighted by atomic mass is 10.0. The first kappa shape index (κ1) is 17.3. The monoisotopic (exact) mass is 356 g/mol. The number of aryl methyl sites for hydroxylation is 1. The molecule has 3 aromatic rings. The lowest BCUT2D eigenvalue weighted by Crippen LogP contribution is -1.95. The fraction of sp³-hybridized carbons (Fsp3) is 0.217. The van der Waals surface area contributed by atoms with Gasteiger partial charge in [0.05, 0.1) is 12.2 Å². The number of rotatable bonds is 7. The maximum absolute atomic E-state index is 4.50. The number of anilines is 1. The molecule has 1 aliphatic rings. The second kappa shape index (κ2) is 7.62. The topological polar surface area (TPSA) is 42.7 Å². The molecule has 136 valence electrons. The average molecular weight is 356 g/mol. The Morgan fingerprint density at radius 3 is 2.78 bits per heavy atom. The molecule has 1 saturated carbocycles. The van der Waals surface area contributed by atoms with Crippen molar-refractivity contribution in [1.82, 2.24) is 14.8 Å². The van der Waals surface area contributed by atoms with Crippen molar-refractivity contribution in [3.63, 3.8) is 0 Å². The highest BCUT2D eigenvalue weighted by molar-refractivity contribution is 5.74. The molecular formula is C23H24N4. The maximum atomic E-state index is 4.50. The van der Waals surface area contributed by atoms with Crippen molar-refractivity contribution >= 4 is 11.8 Å². The number of nitrogens with one attached hydrogen (secondary N) is 1. The van der Waals surface area contributed by atoms with E-state index >= 15 is 0 Å². The molecule has 0 radical (unpaired) electrons. The van der Waals surface area contributed by atoms with Crippen molar-refractivity contribution in [2.45, 2.75) is 32.2 Å². The molecule has 1 N–H and O–H groups in total. The Kier molecular flexibility index (Phi) is 4.88. The van der Waals surface area contributed by atoms with E-state index in [1.54, 1.807) is 0 Å². The average Bonchev–Trinajstić information content (AvgIpc) is 3.44. The Labute approximate surface area is 160 Å². The standard InChI is InChI=1S/C23H24N4/c1-3-18-5-8-21(9-6-18)26-17(2)4-7-19-14-24-13-12-23(19)20-15-25-27(16-20)22-10-11-22/h4-9,12-16,22,26H,2-3,10-11H2,1H3/b7-4+. The van der Waals surface area contributed by atoms with Crippen LogP contribution in [0.5, 0.6) is 0 Å². The molecule has 1 fully saturated rings. The van der Waals surface area contributed by atoms with E-state index in [4.69, 9.17) is 0 Å². The first-order valence-electron chi connectivity index (χ1n) is 9.44. The Hall–Kier alpha value is -3.14. The molecule has 2 heterocycles. The van der Waals surface area contributed by atoms with Crippen molar-refractivity contribution in [1.29, 1.82) is 0 Å². The molecule has 0 unspecified atom stereocenters. The number of allylic oxidation sites excluding steroid dienone is 1. The van der Waals surface area contributed by atoms with Gasteiger partial charge in [0, 0.05) is 41.1 Å². The van der Waals surface area contributed by atoms with Crippen LogP contribution in [0.25, 0.3) is 17.2 Å². The van der Waals surface area contributed by atoms with Crippen LogP contribution in [0.2, 0.25) is 0 Å². The van der Waals surface area contributed by atoms with Gasteiger partial charge in [-0.3, -0.25) is 9.67 Å². The molecule has 27 heavy (non-hydrogen) atoms. The van der Waals surface area contributed by atoms with E-state index in [0.29, 0.717) is 6.04 Å². The molecule has 0 amide bonds. The third-order valence-corrected chi connectivity index (χ3v) is 4.82. The zero-order chi connectivity index (χ0) is 18.6. The van der Waals surface area contributed by atoms with Gasteiger partial charge in [-0.15, -0.1) is 0 Å². The normalized spacial score (nSPS) is 13.8. The smallest absolute Gasteiger partial charge is 0.0568 e. The van der Waals surface area contributed by atoms with Gasteiger partial charge >= 0.3 is 0 Å². The predicted molar refractivity (Wildman–Crippen MR) is 111 cm³/mol. The van der Waals surface area contributed by atoms with Crippen LogP contribution in [0.3, 0.4) is 0 Å². The number of nitrogens with zero attached hydrogens (tertiary/aromatic N) is 3. The summed E-state index contributed by atoms with van der Waals surface area (Å²) in [7, 11) is 0. The molecule has 0 spiro atoms. The van der Waals surface area contributed by atoms with Crippen molar-refractivity contribution in [3.8, 4) is 11.1 Å². The molecule has 0 saturated heterocycles. The third-order valence-electron chi connectivity index (χ3n) is 4.82. The molecule has 1 aliphatic carbocycles. The lowest BCUT2D eigenvalue weighted by molar-refractivity contribution is 0.642. The minimum atomic E-state index is 0.586. The van der Waals surface area contributed by atoms with Gasteiger partial charge in [0.25, 0.3) is 0 Å². The summed E-state index contributed by atoms with van der Waals surface area (Å²) in [6.07, 6.45) is 15.3. The van der Waals surface area contributed by atoms with Crippen molar-refractivity contribution in [2.75, 3.05) is 5.32 Å². The van der Waals surface area contributed by atoms with Crippen LogP contribution in [-0.2, 0) is 6.42 Å². The highest BCUT2D eigenvalue weighted by Crippen LogP contribution is 2.35. The number of hydrogen-bond acceptors (Lipinski definition) is 3. The van der Waals surface area contributed by atoms with Crippen LogP contribution in [0, 0.1) is 0 Å². The second-order valence-electron chi connectivity index (χ2n) is 6.94. The summed E-state index contributed by atoms with van der Waals surface area (Å²) in [6.45, 7) is 6.27. The van der Waals surface area contributed by atoms with Gasteiger partial charge in [-0.25, -0.2) is 0 Å². The highest BCUT2D eigenvalue weighted by Gasteiger charge is 2.24. The quantitative estimate of drug-likeness (QED) is 0.570. The van der Waals surface area contributed by atoms with Crippen LogP contribution in [0.4, 0.5) is 5.69 Å². The molecule has 4 nitrogen and oxygen atoms in total. The van der Waals surface area contributed by atoms with Crippen LogP contribution >= 0.6 is 0 Å². The molecule has 0 atom stereocenters. The number of pyridine rings is 1. The summed E-state index contributed by atoms with van der Waals surface area (Å²) in [6, 6.07) is 11.1. The summed E-state index contributed by atoms with van der Waals surface area (Å²) in [5, 5.41) is 7.83. The van der Waals surface area contributed by atoms with Crippen molar-refractivity contribution in [3.05, 3.63) is 84.6 Å². The molecule has 4 rings (SSSR count). The summed E-state index contributed by atoms with van der Waals surface area (Å²) in [5.74, 6) is 0. The van der Waals surface area contributed by atoms with Gasteiger partial charge in [0.1, 0.15) is 0 Å². The van der Waals surface area contributed by atoms with Gasteiger partial charge in [0.2, 0.25) is 0 Å². The van der Waals surface area contributed by atoms with Crippen LogP contribution in [0.15, 0.2) is 73.5 Å². The minimum absolute atomic E-state index is 0.586. The third kappa shape index (κ3) is 4.17. The first-order chi connectivity index (χ1) is 13.2. The van der Waals surface area contributed by atoms with Crippen LogP contribution in [0.1, 0.15) is 36.9 Å². The van der Waals surface area contributed by atoms with E-state index in [0.717, 1.165) is 34.5 Å². The summed E-state index contributed by atoms with van der Waals surface area (Å²) in [4.78, 5) is 4.28. The highest BCUT2D eigenvalue weighted by atomic mass is 15.3. The number of aromatic nitrogens is 3. The van der Waals surface area contributed by atoms with E-state index in [2.05, 4.69) is 64.0 Å². The Balaban J connectivity index is 1.48. The van der Waals surface area contributed by atoms with Crippen molar-refractivity contribution < 1.29 is 0 Å². The zero-order valence-corrected chi connectivity index (χ0v) is 15.6. The van der Waals surface area contributed by atoms with Crippen molar-refractivity contribution in [2.24, 2.45) is 0 Å². The Bertz CT molecular complexity index is 962. The van der Waals surface area contributed by atoms with E-state index in [1.165, 1.54) is 18.4 Å². The SMILES string of the molecule is C=C(/C=C/c1cnccc1-c1cnn(C2CC2)c1)Nc1ccc(CC)cc1. The fourth-order valence-electron chi connectivity index (χ4n) is 3.06. The second-order valence-corrected chi connectivity index (χ2v) is 6.94. The summed E-state index contributed by atoms with van der Waals surface area (Å²) < 4.78 is 2.07. The van der Waals surface area contributed by atoms with Gasteiger partial charge in [-0.1, -0.05) is 31.7 Å². The molecule has 2 aromatic heterocycles. The molecule has 4 heteroatoms. The zero-order valence-electron chi connectivity index (χ0n) is 15.6. The fourth-order valence-corrected chi connectivity index (χ4v) is 3.06. The molecule has 0 aliphatic heterocycles.